The quantitative estimate of drug-likeness (QED) is 0.367. The van der Waals surface area contributed by atoms with Gasteiger partial charge in [0.2, 0.25) is 0 Å². The number of guanidine groups is 1. The third kappa shape index (κ3) is 6.69. The smallest absolute Gasteiger partial charge is 0.191 e. The second kappa shape index (κ2) is 11.1. The third-order valence-corrected chi connectivity index (χ3v) is 4.02. The molecule has 2 N–H and O–H groups in total. The van der Waals surface area contributed by atoms with Crippen molar-refractivity contribution in [3.63, 3.8) is 0 Å². The van der Waals surface area contributed by atoms with Crippen LogP contribution >= 0.6 is 24.0 Å². The minimum atomic E-state index is -0.584. The van der Waals surface area contributed by atoms with Crippen LogP contribution < -0.4 is 10.6 Å². The van der Waals surface area contributed by atoms with Crippen LogP contribution in [0.5, 0.6) is 0 Å². The van der Waals surface area contributed by atoms with Crippen molar-refractivity contribution in [1.29, 1.82) is 0 Å². The van der Waals surface area contributed by atoms with E-state index in [-0.39, 0.29) is 41.9 Å². The number of rotatable bonds is 6. The fraction of sp³-hybridized carbons (Fsp3) is 0.316. The van der Waals surface area contributed by atoms with Gasteiger partial charge in [-0.3, -0.25) is 4.99 Å². The number of benzene rings is 2. The molecule has 0 heterocycles. The zero-order chi connectivity index (χ0) is 19.1. The van der Waals surface area contributed by atoms with Gasteiger partial charge in [-0.05, 0) is 43.9 Å². The summed E-state index contributed by atoms with van der Waals surface area (Å²) in [6.45, 7) is 0.703. The van der Waals surface area contributed by atoms with Crippen LogP contribution in [0, 0.1) is 17.5 Å². The number of hydrogen-bond acceptors (Lipinski definition) is 2. The Morgan fingerprint density at radius 2 is 1.59 bits per heavy atom. The Morgan fingerprint density at radius 3 is 2.11 bits per heavy atom. The fourth-order valence-electron chi connectivity index (χ4n) is 2.57. The Hall–Kier alpha value is -1.81. The molecule has 0 saturated heterocycles. The first-order chi connectivity index (χ1) is 12.4. The molecule has 148 valence electrons. The Morgan fingerprint density at radius 1 is 1.00 bits per heavy atom. The minimum Gasteiger partial charge on any atom is -0.354 e. The van der Waals surface area contributed by atoms with Gasteiger partial charge in [-0.1, -0.05) is 18.2 Å². The molecular formula is C19H24F3IN4. The molecule has 0 saturated carbocycles. The van der Waals surface area contributed by atoms with Crippen molar-refractivity contribution < 1.29 is 13.2 Å². The van der Waals surface area contributed by atoms with Crippen LogP contribution in [0.2, 0.25) is 0 Å². The standard InChI is InChI=1S/C19H23F3N4.HI/c1-23-19(24-11-13-7-9-14(20)10-8-13)25-12-17(26(2)3)18-15(21)5-4-6-16(18)22;/h4-10,17H,11-12H2,1-3H3,(H2,23,24,25);1H. The van der Waals surface area contributed by atoms with Crippen LogP contribution in [0.4, 0.5) is 13.2 Å². The van der Waals surface area contributed by atoms with Crippen molar-refractivity contribution >= 4 is 29.9 Å². The van der Waals surface area contributed by atoms with Crippen LogP contribution in [-0.4, -0.2) is 38.5 Å². The largest absolute Gasteiger partial charge is 0.354 e. The molecule has 0 spiro atoms. The Kier molecular flexibility index (Phi) is 9.57. The highest BCUT2D eigenvalue weighted by atomic mass is 127. The van der Waals surface area contributed by atoms with Crippen molar-refractivity contribution in [2.75, 3.05) is 27.7 Å². The second-order valence-corrected chi connectivity index (χ2v) is 6.05. The molecule has 1 atom stereocenters. The molecule has 27 heavy (non-hydrogen) atoms. The lowest BCUT2D eigenvalue weighted by Gasteiger charge is -2.26. The normalized spacial score (nSPS) is 12.5. The van der Waals surface area contributed by atoms with Crippen LogP contribution in [0.15, 0.2) is 47.5 Å². The van der Waals surface area contributed by atoms with Gasteiger partial charge in [0.1, 0.15) is 17.5 Å². The summed E-state index contributed by atoms with van der Waals surface area (Å²) in [4.78, 5) is 5.84. The van der Waals surface area contributed by atoms with E-state index in [1.165, 1.54) is 30.3 Å². The average Bonchev–Trinajstić information content (AvgIpc) is 2.61. The number of hydrogen-bond donors (Lipinski definition) is 2. The predicted molar refractivity (Wildman–Crippen MR) is 113 cm³/mol. The Balaban J connectivity index is 0.00000364. The molecule has 0 aliphatic rings. The number of nitrogens with zero attached hydrogens (tertiary/aromatic N) is 2. The van der Waals surface area contributed by atoms with Gasteiger partial charge in [0.15, 0.2) is 5.96 Å². The molecule has 0 radical (unpaired) electrons. The molecule has 0 aliphatic carbocycles. The van der Waals surface area contributed by atoms with Gasteiger partial charge in [-0.25, -0.2) is 13.2 Å². The average molecular weight is 492 g/mol. The van der Waals surface area contributed by atoms with Crippen molar-refractivity contribution in [2.45, 2.75) is 12.6 Å². The summed E-state index contributed by atoms with van der Waals surface area (Å²) in [7, 11) is 5.12. The monoisotopic (exact) mass is 492 g/mol. The van der Waals surface area contributed by atoms with E-state index in [2.05, 4.69) is 15.6 Å². The highest BCUT2D eigenvalue weighted by Crippen LogP contribution is 2.23. The van der Waals surface area contributed by atoms with Gasteiger partial charge in [0, 0.05) is 25.7 Å². The lowest BCUT2D eigenvalue weighted by atomic mass is 10.0. The maximum absolute atomic E-state index is 14.1. The van der Waals surface area contributed by atoms with Gasteiger partial charge in [-0.2, -0.15) is 0 Å². The van der Waals surface area contributed by atoms with Gasteiger partial charge < -0.3 is 15.5 Å². The highest BCUT2D eigenvalue weighted by molar-refractivity contribution is 14.0. The van der Waals surface area contributed by atoms with Crippen molar-refractivity contribution in [2.24, 2.45) is 4.99 Å². The van der Waals surface area contributed by atoms with Crippen molar-refractivity contribution in [1.82, 2.24) is 15.5 Å². The number of halogens is 4. The summed E-state index contributed by atoms with van der Waals surface area (Å²) in [6.07, 6.45) is 0. The van der Waals surface area contributed by atoms with Gasteiger partial charge >= 0.3 is 0 Å². The van der Waals surface area contributed by atoms with E-state index in [4.69, 9.17) is 0 Å². The Bertz CT molecular complexity index is 731. The summed E-state index contributed by atoms with van der Waals surface area (Å²) in [5, 5.41) is 6.17. The summed E-state index contributed by atoms with van der Waals surface area (Å²) in [5.41, 5.74) is 0.901. The highest BCUT2D eigenvalue weighted by Gasteiger charge is 2.22. The van der Waals surface area contributed by atoms with E-state index >= 15 is 0 Å². The Labute approximate surface area is 174 Å². The topological polar surface area (TPSA) is 39.7 Å². The molecule has 0 amide bonds. The predicted octanol–water partition coefficient (Wildman–Crippen LogP) is 3.69. The first kappa shape index (κ1) is 23.2. The molecule has 0 fully saturated rings. The van der Waals surface area contributed by atoms with Crippen LogP contribution in [0.25, 0.3) is 0 Å². The molecule has 0 bridgehead atoms. The molecule has 1 unspecified atom stereocenters. The van der Waals surface area contributed by atoms with Crippen molar-refractivity contribution in [3.05, 3.63) is 71.0 Å². The number of likely N-dealkylation sites (N-methyl/N-ethyl adjacent to an activating group) is 1. The maximum Gasteiger partial charge on any atom is 0.191 e. The maximum atomic E-state index is 14.1. The molecule has 2 aromatic carbocycles. The van der Waals surface area contributed by atoms with Gasteiger partial charge in [0.05, 0.1) is 6.04 Å². The second-order valence-electron chi connectivity index (χ2n) is 6.05. The van der Waals surface area contributed by atoms with E-state index in [0.717, 1.165) is 5.56 Å². The molecule has 4 nitrogen and oxygen atoms in total. The van der Waals surface area contributed by atoms with Crippen LogP contribution in [0.1, 0.15) is 17.2 Å². The van der Waals surface area contributed by atoms with E-state index in [9.17, 15) is 13.2 Å². The molecule has 2 aromatic rings. The number of aliphatic imine (C=N–C) groups is 1. The zero-order valence-corrected chi connectivity index (χ0v) is 17.8. The van der Waals surface area contributed by atoms with E-state index in [1.807, 2.05) is 0 Å². The molecular weight excluding hydrogens is 468 g/mol. The summed E-state index contributed by atoms with van der Waals surface area (Å²) >= 11 is 0. The summed E-state index contributed by atoms with van der Waals surface area (Å²) in [6, 6.07) is 9.44. The van der Waals surface area contributed by atoms with E-state index in [0.29, 0.717) is 12.5 Å². The van der Waals surface area contributed by atoms with Gasteiger partial charge in [0.25, 0.3) is 0 Å². The molecule has 8 heteroatoms. The lowest BCUT2D eigenvalue weighted by molar-refractivity contribution is 0.282. The van der Waals surface area contributed by atoms with Crippen LogP contribution in [0.3, 0.4) is 0 Å². The lowest BCUT2D eigenvalue weighted by Crippen LogP contribution is -2.41. The molecule has 0 aliphatic heterocycles. The summed E-state index contributed by atoms with van der Waals surface area (Å²) < 4.78 is 41.1. The van der Waals surface area contributed by atoms with E-state index < -0.39 is 17.7 Å². The molecule has 2 rings (SSSR count). The van der Waals surface area contributed by atoms with Gasteiger partial charge in [-0.15, -0.1) is 24.0 Å². The van der Waals surface area contributed by atoms with E-state index in [1.54, 1.807) is 38.2 Å². The molecule has 0 aromatic heterocycles. The SMILES string of the molecule is CN=C(NCc1ccc(F)cc1)NCC(c1c(F)cccc1F)N(C)C.I. The fourth-order valence-corrected chi connectivity index (χ4v) is 2.57. The first-order valence-corrected chi connectivity index (χ1v) is 8.21. The zero-order valence-electron chi connectivity index (χ0n) is 15.5. The number of nitrogens with one attached hydrogen (secondary N) is 2. The first-order valence-electron chi connectivity index (χ1n) is 8.21. The van der Waals surface area contributed by atoms with Crippen molar-refractivity contribution in [3.8, 4) is 0 Å². The third-order valence-electron chi connectivity index (χ3n) is 4.02. The minimum absolute atomic E-state index is 0. The summed E-state index contributed by atoms with van der Waals surface area (Å²) in [5.74, 6) is -0.977. The van der Waals surface area contributed by atoms with Crippen LogP contribution in [-0.2, 0) is 6.54 Å².